The number of hydrogen-bond donors (Lipinski definition) is 0. The second kappa shape index (κ2) is 9.51. The third kappa shape index (κ3) is 4.79. The van der Waals surface area contributed by atoms with Crippen molar-refractivity contribution < 1.29 is 9.53 Å². The Morgan fingerprint density at radius 1 is 1.24 bits per heavy atom. The maximum absolute atomic E-state index is 13.4. The number of hydrogen-bond acceptors (Lipinski definition) is 6. The highest BCUT2D eigenvalue weighted by Crippen LogP contribution is 2.33. The summed E-state index contributed by atoms with van der Waals surface area (Å²) in [6, 6.07) is 14.1. The largest absolute Gasteiger partial charge is 0.376 e. The number of fused-ring (bicyclic) bond motifs is 1. The molecule has 0 aliphatic carbocycles. The van der Waals surface area contributed by atoms with E-state index in [0.29, 0.717) is 12.1 Å². The fourth-order valence-corrected chi connectivity index (χ4v) is 5.58. The van der Waals surface area contributed by atoms with E-state index in [0.717, 1.165) is 40.5 Å². The standard InChI is InChI=1S/C22H24N2O2S3/c1-3-28-17-8-6-15(7-9-17)21(25)24(14-16-5-4-12-26-16)22-23-19-11-10-18(27-2)13-20(19)29-22/h6-11,13,16H,3-5,12,14H2,1-2H3. The lowest BCUT2D eigenvalue weighted by Crippen LogP contribution is -2.37. The van der Waals surface area contributed by atoms with E-state index in [9.17, 15) is 4.79 Å². The van der Waals surface area contributed by atoms with Gasteiger partial charge in [-0.15, -0.1) is 23.5 Å². The predicted molar refractivity (Wildman–Crippen MR) is 125 cm³/mol. The van der Waals surface area contributed by atoms with Crippen molar-refractivity contribution in [2.75, 3.05) is 30.1 Å². The van der Waals surface area contributed by atoms with E-state index in [-0.39, 0.29) is 12.0 Å². The molecule has 1 saturated heterocycles. The summed E-state index contributed by atoms with van der Waals surface area (Å²) in [5, 5.41) is 0.741. The van der Waals surface area contributed by atoms with Crippen molar-refractivity contribution in [3.8, 4) is 0 Å². The van der Waals surface area contributed by atoms with Crippen LogP contribution in [0, 0.1) is 0 Å². The van der Waals surface area contributed by atoms with Crippen molar-refractivity contribution >= 4 is 56.1 Å². The summed E-state index contributed by atoms with van der Waals surface area (Å²) < 4.78 is 6.93. The lowest BCUT2D eigenvalue weighted by atomic mass is 10.2. The van der Waals surface area contributed by atoms with Gasteiger partial charge in [-0.3, -0.25) is 9.69 Å². The van der Waals surface area contributed by atoms with Gasteiger partial charge in [0, 0.05) is 22.0 Å². The highest BCUT2D eigenvalue weighted by atomic mass is 32.2. The molecule has 1 amide bonds. The smallest absolute Gasteiger partial charge is 0.260 e. The summed E-state index contributed by atoms with van der Waals surface area (Å²) in [7, 11) is 0. The minimum absolute atomic E-state index is 0.0160. The van der Waals surface area contributed by atoms with Gasteiger partial charge in [0.1, 0.15) is 0 Å². The molecule has 0 saturated carbocycles. The molecule has 3 aromatic rings. The first kappa shape index (κ1) is 20.7. The third-order valence-corrected chi connectivity index (χ3v) is 7.54. The summed E-state index contributed by atoms with van der Waals surface area (Å²) in [5.41, 5.74) is 1.62. The van der Waals surface area contributed by atoms with Crippen molar-refractivity contribution in [1.29, 1.82) is 0 Å². The van der Waals surface area contributed by atoms with Gasteiger partial charge in [-0.25, -0.2) is 4.98 Å². The van der Waals surface area contributed by atoms with Crippen LogP contribution in [0.25, 0.3) is 10.2 Å². The van der Waals surface area contributed by atoms with E-state index in [1.165, 1.54) is 9.79 Å². The molecule has 1 aromatic heterocycles. The molecule has 2 heterocycles. The average molecular weight is 445 g/mol. The number of ether oxygens (including phenoxy) is 1. The second-order valence-electron chi connectivity index (χ2n) is 6.84. The topological polar surface area (TPSA) is 42.4 Å². The number of rotatable bonds is 7. The van der Waals surface area contributed by atoms with Crippen LogP contribution in [0.5, 0.6) is 0 Å². The molecule has 4 rings (SSSR count). The molecule has 152 valence electrons. The Kier molecular flexibility index (Phi) is 6.80. The number of aromatic nitrogens is 1. The van der Waals surface area contributed by atoms with Gasteiger partial charge < -0.3 is 4.74 Å². The van der Waals surface area contributed by atoms with Gasteiger partial charge in [0.25, 0.3) is 5.91 Å². The molecule has 1 fully saturated rings. The Morgan fingerprint density at radius 3 is 2.72 bits per heavy atom. The Labute approximate surface area is 184 Å². The first-order valence-corrected chi connectivity index (χ1v) is 12.8. The lowest BCUT2D eigenvalue weighted by Gasteiger charge is -2.23. The van der Waals surface area contributed by atoms with E-state index in [1.807, 2.05) is 30.3 Å². The quantitative estimate of drug-likeness (QED) is 0.421. The van der Waals surface area contributed by atoms with Crippen LogP contribution < -0.4 is 4.90 Å². The van der Waals surface area contributed by atoms with E-state index in [4.69, 9.17) is 9.72 Å². The summed E-state index contributed by atoms with van der Waals surface area (Å²) in [5.74, 6) is 1.00. The first-order valence-electron chi connectivity index (χ1n) is 9.79. The van der Waals surface area contributed by atoms with Gasteiger partial charge in [0.05, 0.1) is 22.9 Å². The predicted octanol–water partition coefficient (Wildman–Crippen LogP) is 5.96. The Hall–Kier alpha value is -1.54. The minimum Gasteiger partial charge on any atom is -0.376 e. The van der Waals surface area contributed by atoms with Crippen LogP contribution in [0.1, 0.15) is 30.1 Å². The number of anilines is 1. The zero-order chi connectivity index (χ0) is 20.2. The minimum atomic E-state index is -0.0160. The van der Waals surface area contributed by atoms with Gasteiger partial charge in [-0.1, -0.05) is 18.3 Å². The van der Waals surface area contributed by atoms with Gasteiger partial charge >= 0.3 is 0 Å². The summed E-state index contributed by atoms with van der Waals surface area (Å²) in [6.07, 6.45) is 4.17. The maximum Gasteiger partial charge on any atom is 0.260 e. The SMILES string of the molecule is CCSc1ccc(C(=O)N(CC2CCCO2)c2nc3ccc(SC)cc3s2)cc1. The first-order chi connectivity index (χ1) is 14.2. The molecule has 1 aliphatic rings. The maximum atomic E-state index is 13.4. The van der Waals surface area contributed by atoms with Gasteiger partial charge in [0.15, 0.2) is 5.13 Å². The van der Waals surface area contributed by atoms with Crippen LogP contribution in [-0.4, -0.2) is 42.2 Å². The molecule has 1 unspecified atom stereocenters. The molecule has 0 radical (unpaired) electrons. The molecule has 0 N–H and O–H groups in total. The molecule has 0 spiro atoms. The van der Waals surface area contributed by atoms with Crippen molar-refractivity contribution in [1.82, 2.24) is 4.98 Å². The Bertz CT molecular complexity index is 981. The lowest BCUT2D eigenvalue weighted by molar-refractivity contribution is 0.0917. The summed E-state index contributed by atoms with van der Waals surface area (Å²) in [4.78, 5) is 22.4. The normalized spacial score (nSPS) is 16.4. The number of thioether (sulfide) groups is 2. The molecule has 0 bridgehead atoms. The van der Waals surface area contributed by atoms with E-state index < -0.39 is 0 Å². The molecule has 4 nitrogen and oxygen atoms in total. The van der Waals surface area contributed by atoms with Crippen LogP contribution in [0.3, 0.4) is 0 Å². The molecular weight excluding hydrogens is 420 g/mol. The summed E-state index contributed by atoms with van der Waals surface area (Å²) >= 11 is 5.06. The van der Waals surface area contributed by atoms with Gasteiger partial charge in [0.2, 0.25) is 0 Å². The van der Waals surface area contributed by atoms with Gasteiger partial charge in [-0.05, 0) is 67.3 Å². The van der Waals surface area contributed by atoms with Crippen LogP contribution in [0.4, 0.5) is 5.13 Å². The van der Waals surface area contributed by atoms with E-state index >= 15 is 0 Å². The van der Waals surface area contributed by atoms with Crippen LogP contribution in [-0.2, 0) is 4.74 Å². The highest BCUT2D eigenvalue weighted by Gasteiger charge is 2.27. The van der Waals surface area contributed by atoms with Crippen molar-refractivity contribution in [2.24, 2.45) is 0 Å². The molecule has 1 atom stereocenters. The van der Waals surface area contributed by atoms with E-state index in [1.54, 1.807) is 39.8 Å². The van der Waals surface area contributed by atoms with Crippen molar-refractivity contribution in [3.05, 3.63) is 48.0 Å². The van der Waals surface area contributed by atoms with Crippen LogP contribution in [0.2, 0.25) is 0 Å². The van der Waals surface area contributed by atoms with E-state index in [2.05, 4.69) is 25.3 Å². The third-order valence-electron chi connectivity index (χ3n) is 4.88. The fraction of sp³-hybridized carbons (Fsp3) is 0.364. The Balaban J connectivity index is 1.66. The molecule has 1 aliphatic heterocycles. The molecule has 2 aromatic carbocycles. The number of nitrogens with zero attached hydrogens (tertiary/aromatic N) is 2. The van der Waals surface area contributed by atoms with Gasteiger partial charge in [-0.2, -0.15) is 0 Å². The molecule has 7 heteroatoms. The second-order valence-corrected chi connectivity index (χ2v) is 10.1. The van der Waals surface area contributed by atoms with Crippen LogP contribution >= 0.6 is 34.9 Å². The fourth-order valence-electron chi connectivity index (χ4n) is 3.39. The van der Waals surface area contributed by atoms with Crippen molar-refractivity contribution in [3.63, 3.8) is 0 Å². The highest BCUT2D eigenvalue weighted by molar-refractivity contribution is 7.99. The number of carbonyl (C=O) groups excluding carboxylic acids is 1. The average Bonchev–Trinajstić information content (AvgIpc) is 3.41. The number of benzene rings is 2. The molecular formula is C22H24N2O2S3. The Morgan fingerprint density at radius 2 is 2.03 bits per heavy atom. The number of amides is 1. The van der Waals surface area contributed by atoms with Crippen molar-refractivity contribution in [2.45, 2.75) is 35.7 Å². The number of thiazole rings is 1. The zero-order valence-corrected chi connectivity index (χ0v) is 19.0. The monoisotopic (exact) mass is 444 g/mol. The van der Waals surface area contributed by atoms with Crippen LogP contribution in [0.15, 0.2) is 52.3 Å². The zero-order valence-electron chi connectivity index (χ0n) is 16.6. The molecule has 29 heavy (non-hydrogen) atoms. The number of carbonyl (C=O) groups is 1. The summed E-state index contributed by atoms with van der Waals surface area (Å²) in [6.45, 7) is 3.44.